The zero-order valence-corrected chi connectivity index (χ0v) is 20.1. The maximum atomic E-state index is 13.3. The number of nitrogens with one attached hydrogen (secondary N) is 1. The number of fused-ring (bicyclic) bond motifs is 1. The predicted octanol–water partition coefficient (Wildman–Crippen LogP) is 2.15. The molecule has 36 heavy (non-hydrogen) atoms. The summed E-state index contributed by atoms with van der Waals surface area (Å²) >= 11 is 0. The SMILES string of the molecule is CC(=NNS(=O)(=O)c1cc([N+](=O)[O-])ccc1N(C)CCn1ccnc1)c1cnn2ccc(C#N)cc12. The fourth-order valence-corrected chi connectivity index (χ4v) is 4.65. The van der Waals surface area contributed by atoms with Gasteiger partial charge in [0.1, 0.15) is 4.90 Å². The molecular formula is C22H21N9O4S. The molecule has 0 aliphatic heterocycles. The lowest BCUT2D eigenvalue weighted by atomic mass is 10.1. The highest BCUT2D eigenvalue weighted by Gasteiger charge is 2.24. The lowest BCUT2D eigenvalue weighted by molar-refractivity contribution is -0.385. The Morgan fingerprint density at radius 1 is 1.31 bits per heavy atom. The van der Waals surface area contributed by atoms with E-state index in [9.17, 15) is 18.5 Å². The molecule has 0 atom stereocenters. The molecule has 0 radical (unpaired) electrons. The van der Waals surface area contributed by atoms with Crippen molar-refractivity contribution in [1.29, 1.82) is 5.26 Å². The Bertz CT molecular complexity index is 1600. The largest absolute Gasteiger partial charge is 0.372 e. The monoisotopic (exact) mass is 507 g/mol. The van der Waals surface area contributed by atoms with Crippen LogP contribution in [-0.4, -0.2) is 51.8 Å². The van der Waals surface area contributed by atoms with Crippen LogP contribution in [0.25, 0.3) is 5.52 Å². The molecule has 1 aromatic carbocycles. The Morgan fingerprint density at radius 2 is 2.11 bits per heavy atom. The van der Waals surface area contributed by atoms with Gasteiger partial charge in [-0.1, -0.05) is 0 Å². The standard InChI is InChI=1S/C22H21N9O4S/c1-16(19-14-25-30-7-5-17(13-23)11-21(19)30)26-27-36(34,35)22-12-18(31(32)33)3-4-20(22)28(2)9-10-29-8-6-24-15-29/h3-8,11-12,14-15,27H,9-10H2,1-2H3. The van der Waals surface area contributed by atoms with Gasteiger partial charge in [-0.2, -0.15) is 28.7 Å². The molecule has 0 spiro atoms. The second-order valence-corrected chi connectivity index (χ2v) is 9.47. The zero-order chi connectivity index (χ0) is 25.9. The van der Waals surface area contributed by atoms with Gasteiger partial charge in [-0.05, 0) is 25.1 Å². The second kappa shape index (κ2) is 9.84. The topological polar surface area (TPSA) is 164 Å². The van der Waals surface area contributed by atoms with Crippen LogP contribution in [0, 0.1) is 21.4 Å². The van der Waals surface area contributed by atoms with E-state index in [1.165, 1.54) is 22.8 Å². The van der Waals surface area contributed by atoms with Crippen LogP contribution in [0.2, 0.25) is 0 Å². The summed E-state index contributed by atoms with van der Waals surface area (Å²) < 4.78 is 29.9. The number of aromatic nitrogens is 4. The summed E-state index contributed by atoms with van der Waals surface area (Å²) in [4.78, 5) is 18.2. The van der Waals surface area contributed by atoms with E-state index in [0.717, 1.165) is 6.07 Å². The number of pyridine rings is 1. The predicted molar refractivity (Wildman–Crippen MR) is 131 cm³/mol. The number of imidazole rings is 1. The molecule has 0 aliphatic carbocycles. The van der Waals surface area contributed by atoms with Crippen LogP contribution >= 0.6 is 0 Å². The molecule has 184 valence electrons. The average molecular weight is 508 g/mol. The second-order valence-electron chi connectivity index (χ2n) is 7.84. The fraction of sp³-hybridized carbons (Fsp3) is 0.182. The van der Waals surface area contributed by atoms with E-state index in [4.69, 9.17) is 5.26 Å². The Kier molecular flexibility index (Phi) is 6.66. The van der Waals surface area contributed by atoms with Crippen LogP contribution < -0.4 is 9.73 Å². The van der Waals surface area contributed by atoms with Crippen molar-refractivity contribution < 1.29 is 13.3 Å². The number of hydrogen-bond donors (Lipinski definition) is 1. The highest BCUT2D eigenvalue weighted by Crippen LogP contribution is 2.29. The number of nitro groups is 1. The summed E-state index contributed by atoms with van der Waals surface area (Å²) in [5, 5.41) is 28.7. The van der Waals surface area contributed by atoms with Gasteiger partial charge in [-0.15, -0.1) is 0 Å². The smallest absolute Gasteiger partial charge is 0.278 e. The van der Waals surface area contributed by atoms with E-state index < -0.39 is 14.9 Å². The molecule has 4 rings (SSSR count). The van der Waals surface area contributed by atoms with E-state index in [1.807, 2.05) is 10.6 Å². The normalized spacial score (nSPS) is 11.9. The highest BCUT2D eigenvalue weighted by molar-refractivity contribution is 7.89. The van der Waals surface area contributed by atoms with E-state index in [0.29, 0.717) is 35.4 Å². The average Bonchev–Trinajstić information content (AvgIpc) is 3.55. The maximum absolute atomic E-state index is 13.3. The molecular weight excluding hydrogens is 486 g/mol. The van der Waals surface area contributed by atoms with Crippen molar-refractivity contribution in [1.82, 2.24) is 24.0 Å². The third-order valence-corrected chi connectivity index (χ3v) is 6.72. The summed E-state index contributed by atoms with van der Waals surface area (Å²) in [5.74, 6) is 0. The molecule has 0 bridgehead atoms. The van der Waals surface area contributed by atoms with Crippen molar-refractivity contribution in [2.45, 2.75) is 18.4 Å². The molecule has 3 heterocycles. The van der Waals surface area contributed by atoms with E-state index >= 15 is 0 Å². The van der Waals surface area contributed by atoms with Crippen LogP contribution in [0.4, 0.5) is 11.4 Å². The van der Waals surface area contributed by atoms with Gasteiger partial charge in [0.2, 0.25) is 0 Å². The van der Waals surface area contributed by atoms with Crippen molar-refractivity contribution in [3.63, 3.8) is 0 Å². The third-order valence-electron chi connectivity index (χ3n) is 5.48. The van der Waals surface area contributed by atoms with Gasteiger partial charge in [0.15, 0.2) is 0 Å². The number of anilines is 1. The number of benzene rings is 1. The van der Waals surface area contributed by atoms with Gasteiger partial charge in [0.05, 0.1) is 46.0 Å². The third kappa shape index (κ3) is 5.00. The lowest BCUT2D eigenvalue weighted by Gasteiger charge is -2.22. The summed E-state index contributed by atoms with van der Waals surface area (Å²) in [6.45, 7) is 2.53. The number of nitro benzene ring substituents is 1. The molecule has 0 amide bonds. The van der Waals surface area contributed by atoms with Gasteiger partial charge in [0.25, 0.3) is 15.7 Å². The summed E-state index contributed by atoms with van der Waals surface area (Å²) in [7, 11) is -2.61. The molecule has 3 aromatic heterocycles. The van der Waals surface area contributed by atoms with Gasteiger partial charge < -0.3 is 9.47 Å². The van der Waals surface area contributed by atoms with Gasteiger partial charge >= 0.3 is 0 Å². The minimum Gasteiger partial charge on any atom is -0.372 e. The van der Waals surface area contributed by atoms with Crippen LogP contribution in [-0.2, 0) is 16.6 Å². The minimum atomic E-state index is -4.30. The lowest BCUT2D eigenvalue weighted by Crippen LogP contribution is -2.27. The first-order chi connectivity index (χ1) is 17.2. The minimum absolute atomic E-state index is 0.274. The Hall–Kier alpha value is -4.77. The van der Waals surface area contributed by atoms with E-state index in [2.05, 4.69) is 20.0 Å². The number of nitriles is 1. The first kappa shape index (κ1) is 24.4. The number of non-ortho nitro benzene ring substituents is 1. The number of sulfonamides is 1. The molecule has 4 aromatic rings. The Balaban J connectivity index is 1.65. The fourth-order valence-electron chi connectivity index (χ4n) is 3.52. The van der Waals surface area contributed by atoms with Crippen molar-refractivity contribution >= 4 is 32.6 Å². The van der Waals surface area contributed by atoms with E-state index in [1.54, 1.807) is 55.9 Å². The number of hydrogen-bond acceptors (Lipinski definition) is 9. The molecule has 0 unspecified atom stereocenters. The highest BCUT2D eigenvalue weighted by atomic mass is 32.2. The molecule has 0 saturated heterocycles. The van der Waals surface area contributed by atoms with Gasteiger partial charge in [-0.25, -0.2) is 9.50 Å². The molecule has 0 fully saturated rings. The van der Waals surface area contributed by atoms with Gasteiger partial charge in [-0.3, -0.25) is 10.1 Å². The quantitative estimate of drug-likeness (QED) is 0.204. The number of likely N-dealkylation sites (N-methyl/N-ethyl adjacent to an activating group) is 1. The number of nitrogens with zero attached hydrogens (tertiary/aromatic N) is 8. The van der Waals surface area contributed by atoms with Crippen LogP contribution in [0.3, 0.4) is 0 Å². The molecule has 1 N–H and O–H groups in total. The van der Waals surface area contributed by atoms with Gasteiger partial charge in [0, 0.05) is 56.4 Å². The van der Waals surface area contributed by atoms with Crippen LogP contribution in [0.1, 0.15) is 18.1 Å². The molecule has 13 nitrogen and oxygen atoms in total. The molecule has 14 heteroatoms. The summed E-state index contributed by atoms with van der Waals surface area (Å²) in [6.07, 6.45) is 8.17. The maximum Gasteiger partial charge on any atom is 0.278 e. The summed E-state index contributed by atoms with van der Waals surface area (Å²) in [6, 6.07) is 8.92. The first-order valence-electron chi connectivity index (χ1n) is 10.6. The van der Waals surface area contributed by atoms with Crippen LogP contribution in [0.5, 0.6) is 0 Å². The zero-order valence-electron chi connectivity index (χ0n) is 19.3. The van der Waals surface area contributed by atoms with Crippen molar-refractivity contribution in [2.24, 2.45) is 5.10 Å². The molecule has 0 aliphatic rings. The summed E-state index contributed by atoms with van der Waals surface area (Å²) in [5.41, 5.74) is 1.71. The Labute approximate surface area is 206 Å². The Morgan fingerprint density at radius 3 is 2.81 bits per heavy atom. The molecule has 0 saturated carbocycles. The van der Waals surface area contributed by atoms with E-state index in [-0.39, 0.29) is 16.3 Å². The first-order valence-corrected chi connectivity index (χ1v) is 12.1. The van der Waals surface area contributed by atoms with Crippen molar-refractivity contribution in [3.8, 4) is 6.07 Å². The number of hydrazone groups is 1. The number of rotatable bonds is 9. The van der Waals surface area contributed by atoms with Crippen molar-refractivity contribution in [2.75, 3.05) is 18.5 Å². The van der Waals surface area contributed by atoms with Crippen LogP contribution in [0.15, 0.2) is 71.4 Å². The van der Waals surface area contributed by atoms with Crippen molar-refractivity contribution in [3.05, 3.63) is 82.7 Å².